The number of thioether (sulfide) groups is 1. The van der Waals surface area contributed by atoms with Gasteiger partial charge in [0, 0.05) is 6.54 Å². The van der Waals surface area contributed by atoms with Crippen LogP contribution < -0.4 is 5.32 Å². The fourth-order valence-electron chi connectivity index (χ4n) is 2.60. The van der Waals surface area contributed by atoms with Crippen LogP contribution in [0, 0.1) is 0 Å². The van der Waals surface area contributed by atoms with E-state index in [0.29, 0.717) is 18.2 Å². The second-order valence-electron chi connectivity index (χ2n) is 5.48. The Morgan fingerprint density at radius 2 is 2.00 bits per heavy atom. The maximum atomic E-state index is 11.8. The Bertz CT molecular complexity index is 341. The summed E-state index contributed by atoms with van der Waals surface area (Å²) in [6, 6.07) is 0. The molecule has 0 bridgehead atoms. The molecule has 1 saturated carbocycles. The molecule has 0 unspecified atom stereocenters. The molecule has 0 atom stereocenters. The lowest BCUT2D eigenvalue weighted by Gasteiger charge is -2.27. The van der Waals surface area contributed by atoms with Crippen molar-refractivity contribution >= 4 is 23.6 Å². The van der Waals surface area contributed by atoms with Crippen molar-refractivity contribution in [2.75, 3.05) is 24.7 Å². The zero-order valence-corrected chi connectivity index (χ0v) is 12.0. The monoisotopic (exact) mass is 286 g/mol. The molecule has 1 aliphatic carbocycles. The van der Waals surface area contributed by atoms with E-state index >= 15 is 0 Å². The van der Waals surface area contributed by atoms with Gasteiger partial charge in [-0.2, -0.15) is 0 Å². The van der Waals surface area contributed by atoms with Crippen molar-refractivity contribution < 1.29 is 14.7 Å². The number of hydrogen-bond acceptors (Lipinski definition) is 4. The van der Waals surface area contributed by atoms with Crippen LogP contribution in [-0.2, 0) is 9.59 Å². The lowest BCUT2D eigenvalue weighted by molar-refractivity contribution is -0.132. The quantitative estimate of drug-likeness (QED) is 0.747. The largest absolute Gasteiger partial charge is 0.388 e. The topological polar surface area (TPSA) is 69.6 Å². The minimum absolute atomic E-state index is 0.0216. The highest BCUT2D eigenvalue weighted by atomic mass is 32.2. The van der Waals surface area contributed by atoms with Gasteiger partial charge in [-0.15, -0.1) is 11.8 Å². The molecule has 6 heteroatoms. The number of rotatable bonds is 4. The van der Waals surface area contributed by atoms with Crippen LogP contribution in [0.2, 0.25) is 0 Å². The van der Waals surface area contributed by atoms with Gasteiger partial charge in [-0.1, -0.05) is 25.7 Å². The molecule has 1 saturated heterocycles. The molecular formula is C13H22N2O3S. The maximum Gasteiger partial charge on any atom is 0.239 e. The van der Waals surface area contributed by atoms with Crippen LogP contribution in [0.4, 0.5) is 0 Å². The average molecular weight is 286 g/mol. The summed E-state index contributed by atoms with van der Waals surface area (Å²) < 4.78 is 0. The number of nitrogens with zero attached hydrogens (tertiary/aromatic N) is 1. The first kappa shape index (κ1) is 14.7. The molecular weight excluding hydrogens is 264 g/mol. The molecule has 108 valence electrons. The first-order chi connectivity index (χ1) is 9.09. The van der Waals surface area contributed by atoms with E-state index in [9.17, 15) is 14.7 Å². The summed E-state index contributed by atoms with van der Waals surface area (Å²) in [6.07, 6.45) is 5.88. The third-order valence-electron chi connectivity index (χ3n) is 3.81. The number of amides is 2. The Morgan fingerprint density at radius 3 is 2.58 bits per heavy atom. The second-order valence-corrected chi connectivity index (χ2v) is 6.44. The minimum atomic E-state index is -0.754. The van der Waals surface area contributed by atoms with Gasteiger partial charge in [0.2, 0.25) is 11.8 Å². The van der Waals surface area contributed by atoms with Crippen LogP contribution in [-0.4, -0.2) is 52.1 Å². The van der Waals surface area contributed by atoms with E-state index in [0.717, 1.165) is 38.5 Å². The van der Waals surface area contributed by atoms with Gasteiger partial charge >= 0.3 is 0 Å². The highest BCUT2D eigenvalue weighted by Gasteiger charge is 2.29. The predicted octanol–water partition coefficient (Wildman–Crippen LogP) is 0.721. The van der Waals surface area contributed by atoms with E-state index in [1.807, 2.05) is 0 Å². The van der Waals surface area contributed by atoms with Gasteiger partial charge in [0.05, 0.1) is 17.2 Å². The zero-order valence-electron chi connectivity index (χ0n) is 11.2. The van der Waals surface area contributed by atoms with Crippen molar-refractivity contribution in [3.05, 3.63) is 0 Å². The number of carbonyl (C=O) groups excluding carboxylic acids is 2. The van der Waals surface area contributed by atoms with Crippen molar-refractivity contribution in [1.82, 2.24) is 10.2 Å². The lowest BCUT2D eigenvalue weighted by atomic mass is 9.94. The highest BCUT2D eigenvalue weighted by Crippen LogP contribution is 2.26. The molecule has 2 fully saturated rings. The average Bonchev–Trinajstić information content (AvgIpc) is 2.64. The van der Waals surface area contributed by atoms with Crippen molar-refractivity contribution in [3.63, 3.8) is 0 Å². The SMILES string of the molecule is O=C(CN1CSCC1=O)NCC1(O)CCCCCC1. The van der Waals surface area contributed by atoms with E-state index in [1.54, 1.807) is 4.90 Å². The van der Waals surface area contributed by atoms with Crippen LogP contribution in [0.25, 0.3) is 0 Å². The Hall–Kier alpha value is -0.750. The Kier molecular flexibility index (Phi) is 5.10. The summed E-state index contributed by atoms with van der Waals surface area (Å²) in [5.41, 5.74) is -0.754. The Labute approximate surface area is 118 Å². The smallest absolute Gasteiger partial charge is 0.239 e. The van der Waals surface area contributed by atoms with E-state index < -0.39 is 5.60 Å². The van der Waals surface area contributed by atoms with E-state index in [4.69, 9.17) is 0 Å². The summed E-state index contributed by atoms with van der Waals surface area (Å²) in [6.45, 7) is 0.420. The van der Waals surface area contributed by atoms with E-state index in [-0.39, 0.29) is 18.4 Å². The number of hydrogen-bond donors (Lipinski definition) is 2. The molecule has 0 aromatic carbocycles. The van der Waals surface area contributed by atoms with Crippen molar-refractivity contribution in [3.8, 4) is 0 Å². The summed E-state index contributed by atoms with van der Waals surface area (Å²) in [7, 11) is 0. The van der Waals surface area contributed by atoms with Crippen LogP contribution >= 0.6 is 11.8 Å². The maximum absolute atomic E-state index is 11.8. The lowest BCUT2D eigenvalue weighted by Crippen LogP contribution is -2.46. The first-order valence-electron chi connectivity index (χ1n) is 6.94. The predicted molar refractivity (Wildman–Crippen MR) is 74.7 cm³/mol. The fourth-order valence-corrected chi connectivity index (χ4v) is 3.50. The van der Waals surface area contributed by atoms with Gasteiger partial charge < -0.3 is 15.3 Å². The van der Waals surface area contributed by atoms with Crippen LogP contribution in [0.3, 0.4) is 0 Å². The summed E-state index contributed by atoms with van der Waals surface area (Å²) in [5, 5.41) is 13.2. The third-order valence-corrected chi connectivity index (χ3v) is 4.75. The van der Waals surface area contributed by atoms with Gasteiger partial charge in [0.15, 0.2) is 0 Å². The van der Waals surface area contributed by atoms with Gasteiger partial charge in [-0.3, -0.25) is 9.59 Å². The van der Waals surface area contributed by atoms with Crippen molar-refractivity contribution in [2.45, 2.75) is 44.1 Å². The number of aliphatic hydroxyl groups is 1. The normalized spacial score (nSPS) is 23.2. The standard InChI is InChI=1S/C13H22N2O3S/c16-11(7-15-10-19-8-12(15)17)14-9-13(18)5-3-1-2-4-6-13/h18H,1-10H2,(H,14,16). The minimum Gasteiger partial charge on any atom is -0.388 e. The molecule has 19 heavy (non-hydrogen) atoms. The fraction of sp³-hybridized carbons (Fsp3) is 0.846. The van der Waals surface area contributed by atoms with Crippen LogP contribution in [0.15, 0.2) is 0 Å². The zero-order chi connectivity index (χ0) is 13.7. The molecule has 0 spiro atoms. The molecule has 5 nitrogen and oxygen atoms in total. The molecule has 0 radical (unpaired) electrons. The van der Waals surface area contributed by atoms with Crippen molar-refractivity contribution in [2.24, 2.45) is 0 Å². The van der Waals surface area contributed by atoms with E-state index in [2.05, 4.69) is 5.32 Å². The summed E-state index contributed by atoms with van der Waals surface area (Å²) >= 11 is 1.53. The van der Waals surface area contributed by atoms with Gasteiger partial charge in [0.25, 0.3) is 0 Å². The Balaban J connectivity index is 1.74. The number of nitrogens with one attached hydrogen (secondary N) is 1. The van der Waals surface area contributed by atoms with Crippen LogP contribution in [0.1, 0.15) is 38.5 Å². The van der Waals surface area contributed by atoms with Gasteiger partial charge in [-0.05, 0) is 12.8 Å². The number of carbonyl (C=O) groups is 2. The summed E-state index contributed by atoms with van der Waals surface area (Å²) in [4.78, 5) is 24.7. The third kappa shape index (κ3) is 4.38. The first-order valence-corrected chi connectivity index (χ1v) is 8.09. The van der Waals surface area contributed by atoms with Gasteiger partial charge in [0.1, 0.15) is 6.54 Å². The molecule has 0 aromatic heterocycles. The molecule has 2 amide bonds. The molecule has 0 aromatic rings. The molecule has 2 rings (SSSR count). The van der Waals surface area contributed by atoms with E-state index in [1.165, 1.54) is 11.8 Å². The van der Waals surface area contributed by atoms with Crippen molar-refractivity contribution in [1.29, 1.82) is 0 Å². The van der Waals surface area contributed by atoms with Gasteiger partial charge in [-0.25, -0.2) is 0 Å². The molecule has 1 heterocycles. The van der Waals surface area contributed by atoms with Crippen LogP contribution in [0.5, 0.6) is 0 Å². The summed E-state index contributed by atoms with van der Waals surface area (Å²) in [5.74, 6) is 0.912. The second kappa shape index (κ2) is 6.61. The Morgan fingerprint density at radius 1 is 1.32 bits per heavy atom. The molecule has 2 aliphatic rings. The highest BCUT2D eigenvalue weighted by molar-refractivity contribution is 8.00. The molecule has 2 N–H and O–H groups in total. The molecule has 1 aliphatic heterocycles.